The molecule has 0 aromatic carbocycles. The molecule has 16 heavy (non-hydrogen) atoms. The lowest BCUT2D eigenvalue weighted by Crippen LogP contribution is -2.10. The fraction of sp³-hybridized carbons (Fsp3) is 0.400. The van der Waals surface area contributed by atoms with Crippen LogP contribution in [0.1, 0.15) is 35.0 Å². The van der Waals surface area contributed by atoms with Gasteiger partial charge in [-0.1, -0.05) is 0 Å². The first-order valence-corrected chi connectivity index (χ1v) is 5.67. The molecule has 0 amide bonds. The average Bonchev–Trinajstić information content (AvgIpc) is 2.21. The summed E-state index contributed by atoms with van der Waals surface area (Å²) in [5, 5.41) is 0. The molecule has 0 aliphatic rings. The second-order valence-electron chi connectivity index (χ2n) is 3.03. The highest BCUT2D eigenvalue weighted by Gasteiger charge is 2.18. The number of halogens is 3. The van der Waals surface area contributed by atoms with Crippen molar-refractivity contribution in [3.8, 4) is 0 Å². The van der Waals surface area contributed by atoms with Gasteiger partial charge in [-0.05, 0) is 48.1 Å². The Labute approximate surface area is 105 Å². The van der Waals surface area contributed by atoms with Gasteiger partial charge in [-0.2, -0.15) is 0 Å². The normalized spacial score (nSPS) is 10.6. The number of pyridine rings is 1. The van der Waals surface area contributed by atoms with Crippen LogP contribution < -0.4 is 0 Å². The van der Waals surface area contributed by atoms with Gasteiger partial charge in [-0.3, -0.25) is 0 Å². The number of carbonyl (C=O) groups is 1. The Kier molecular flexibility index (Phi) is 4.57. The molecule has 0 radical (unpaired) electrons. The predicted molar refractivity (Wildman–Crippen MR) is 62.6 cm³/mol. The highest BCUT2D eigenvalue weighted by Crippen LogP contribution is 2.25. The summed E-state index contributed by atoms with van der Waals surface area (Å²) >= 11 is 1.82. The standard InChI is InChI=1S/C10H10F2INO2/c1-3-16-10(15)7-4-6(8(11)12)5(2)9(13)14-7/h4,8H,3H2,1-2H3. The lowest BCUT2D eigenvalue weighted by atomic mass is 10.1. The van der Waals surface area contributed by atoms with E-state index in [2.05, 4.69) is 4.98 Å². The first-order chi connectivity index (χ1) is 7.47. The second kappa shape index (κ2) is 5.51. The Hall–Kier alpha value is -0.790. The van der Waals surface area contributed by atoms with Crippen LogP contribution in [0.2, 0.25) is 0 Å². The molecule has 0 N–H and O–H groups in total. The Morgan fingerprint density at radius 1 is 1.62 bits per heavy atom. The molecule has 0 bridgehead atoms. The first-order valence-electron chi connectivity index (χ1n) is 4.59. The zero-order chi connectivity index (χ0) is 12.3. The van der Waals surface area contributed by atoms with Gasteiger partial charge in [-0.15, -0.1) is 0 Å². The Bertz CT molecular complexity index is 410. The minimum absolute atomic E-state index is 0.0767. The van der Waals surface area contributed by atoms with Gasteiger partial charge in [0.1, 0.15) is 9.39 Å². The number of esters is 1. The van der Waals surface area contributed by atoms with Crippen molar-refractivity contribution < 1.29 is 18.3 Å². The number of rotatable bonds is 3. The molecule has 0 spiro atoms. The number of hydrogen-bond acceptors (Lipinski definition) is 3. The molecule has 6 heteroatoms. The largest absolute Gasteiger partial charge is 0.461 e. The summed E-state index contributed by atoms with van der Waals surface area (Å²) < 4.78 is 30.4. The Balaban J connectivity index is 3.18. The molecule has 1 aromatic rings. The number of ether oxygens (including phenoxy) is 1. The number of hydrogen-bond donors (Lipinski definition) is 0. The molecule has 88 valence electrons. The van der Waals surface area contributed by atoms with Crippen molar-refractivity contribution in [2.45, 2.75) is 20.3 Å². The van der Waals surface area contributed by atoms with Crippen molar-refractivity contribution >= 4 is 28.6 Å². The van der Waals surface area contributed by atoms with E-state index in [1.807, 2.05) is 22.6 Å². The number of aromatic nitrogens is 1. The van der Waals surface area contributed by atoms with Crippen LogP contribution in [0.3, 0.4) is 0 Å². The fourth-order valence-electron chi connectivity index (χ4n) is 1.13. The van der Waals surface area contributed by atoms with Gasteiger partial charge in [0.05, 0.1) is 6.61 Å². The summed E-state index contributed by atoms with van der Waals surface area (Å²) in [6.07, 6.45) is -2.62. The minimum atomic E-state index is -2.62. The van der Waals surface area contributed by atoms with Gasteiger partial charge in [-0.25, -0.2) is 18.6 Å². The van der Waals surface area contributed by atoms with Crippen LogP contribution in [-0.2, 0) is 4.74 Å². The van der Waals surface area contributed by atoms with E-state index in [1.54, 1.807) is 13.8 Å². The van der Waals surface area contributed by atoms with Crippen LogP contribution in [0.5, 0.6) is 0 Å². The molecule has 3 nitrogen and oxygen atoms in total. The van der Waals surface area contributed by atoms with Gasteiger partial charge in [0.25, 0.3) is 6.43 Å². The van der Waals surface area contributed by atoms with E-state index in [4.69, 9.17) is 4.74 Å². The zero-order valence-corrected chi connectivity index (χ0v) is 10.9. The molecule has 0 aliphatic heterocycles. The molecule has 0 fully saturated rings. The summed E-state index contributed by atoms with van der Waals surface area (Å²) in [6.45, 7) is 3.38. The minimum Gasteiger partial charge on any atom is -0.461 e. The van der Waals surface area contributed by atoms with Crippen LogP contribution in [0.15, 0.2) is 6.07 Å². The molecular weight excluding hydrogens is 331 g/mol. The van der Waals surface area contributed by atoms with Crippen LogP contribution in [0.25, 0.3) is 0 Å². The van der Waals surface area contributed by atoms with Crippen molar-refractivity contribution in [2.75, 3.05) is 6.61 Å². The van der Waals surface area contributed by atoms with Crippen LogP contribution in [0.4, 0.5) is 8.78 Å². The van der Waals surface area contributed by atoms with E-state index in [1.165, 1.54) is 0 Å². The highest BCUT2D eigenvalue weighted by molar-refractivity contribution is 14.1. The average molecular weight is 341 g/mol. The third-order valence-electron chi connectivity index (χ3n) is 1.97. The lowest BCUT2D eigenvalue weighted by molar-refractivity contribution is 0.0518. The van der Waals surface area contributed by atoms with Gasteiger partial charge in [0.15, 0.2) is 0 Å². The van der Waals surface area contributed by atoms with Gasteiger partial charge < -0.3 is 4.74 Å². The molecule has 1 aromatic heterocycles. The molecule has 1 heterocycles. The number of alkyl halides is 2. The van der Waals surface area contributed by atoms with E-state index >= 15 is 0 Å². The summed E-state index contributed by atoms with van der Waals surface area (Å²) in [7, 11) is 0. The zero-order valence-electron chi connectivity index (χ0n) is 8.76. The topological polar surface area (TPSA) is 39.2 Å². The first kappa shape index (κ1) is 13.3. The lowest BCUT2D eigenvalue weighted by Gasteiger charge is -2.09. The third-order valence-corrected chi connectivity index (χ3v) is 3.02. The Morgan fingerprint density at radius 2 is 2.25 bits per heavy atom. The maximum atomic E-state index is 12.7. The quantitative estimate of drug-likeness (QED) is 0.482. The van der Waals surface area contributed by atoms with E-state index in [9.17, 15) is 13.6 Å². The van der Waals surface area contributed by atoms with Crippen molar-refractivity contribution in [1.82, 2.24) is 4.98 Å². The SMILES string of the molecule is CCOC(=O)c1cc(C(F)F)c(C)c(I)n1. The maximum Gasteiger partial charge on any atom is 0.356 e. The number of nitrogens with zero attached hydrogens (tertiary/aromatic N) is 1. The Morgan fingerprint density at radius 3 is 2.75 bits per heavy atom. The second-order valence-corrected chi connectivity index (χ2v) is 4.06. The molecule has 0 aliphatic carbocycles. The summed E-state index contributed by atoms with van der Waals surface area (Å²) in [4.78, 5) is 15.3. The van der Waals surface area contributed by atoms with E-state index in [0.29, 0.717) is 9.26 Å². The van der Waals surface area contributed by atoms with Crippen LogP contribution >= 0.6 is 22.6 Å². The van der Waals surface area contributed by atoms with Crippen molar-refractivity contribution in [2.24, 2.45) is 0 Å². The summed E-state index contributed by atoms with van der Waals surface area (Å²) in [6, 6.07) is 1.08. The van der Waals surface area contributed by atoms with E-state index in [0.717, 1.165) is 6.07 Å². The van der Waals surface area contributed by atoms with Gasteiger partial charge in [0, 0.05) is 5.56 Å². The highest BCUT2D eigenvalue weighted by atomic mass is 127. The van der Waals surface area contributed by atoms with Gasteiger partial charge in [0.2, 0.25) is 0 Å². The molecule has 0 saturated carbocycles. The van der Waals surface area contributed by atoms with E-state index in [-0.39, 0.29) is 17.9 Å². The predicted octanol–water partition coefficient (Wildman–Crippen LogP) is 3.11. The fourth-order valence-corrected chi connectivity index (χ4v) is 1.70. The molecule has 0 unspecified atom stereocenters. The van der Waals surface area contributed by atoms with Crippen molar-refractivity contribution in [1.29, 1.82) is 0 Å². The molecule has 1 rings (SSSR count). The molecule has 0 saturated heterocycles. The van der Waals surface area contributed by atoms with Crippen molar-refractivity contribution in [3.05, 3.63) is 26.6 Å². The number of carbonyl (C=O) groups excluding carboxylic acids is 1. The molecular formula is C10H10F2INO2. The summed E-state index contributed by atoms with van der Waals surface area (Å²) in [5.41, 5.74) is 0.137. The van der Waals surface area contributed by atoms with E-state index < -0.39 is 12.4 Å². The van der Waals surface area contributed by atoms with Crippen molar-refractivity contribution in [3.63, 3.8) is 0 Å². The third kappa shape index (κ3) is 2.87. The smallest absolute Gasteiger partial charge is 0.356 e. The molecule has 0 atom stereocenters. The van der Waals surface area contributed by atoms with Gasteiger partial charge >= 0.3 is 5.97 Å². The monoisotopic (exact) mass is 341 g/mol. The van der Waals surface area contributed by atoms with Crippen LogP contribution in [-0.4, -0.2) is 17.6 Å². The maximum absolute atomic E-state index is 12.7. The summed E-state index contributed by atoms with van der Waals surface area (Å²) in [5.74, 6) is -0.678. The van der Waals surface area contributed by atoms with Crippen LogP contribution in [0, 0.1) is 10.6 Å².